The minimum Gasteiger partial charge on any atom is -0.378 e. The minimum absolute atomic E-state index is 0.404. The van der Waals surface area contributed by atoms with Crippen LogP contribution in [0.4, 0.5) is 0 Å². The maximum absolute atomic E-state index is 5.70. The number of hydrogen-bond donors (Lipinski definition) is 1. The van der Waals surface area contributed by atoms with E-state index in [4.69, 9.17) is 4.74 Å². The average Bonchev–Trinajstić information content (AvgIpc) is 2.13. The van der Waals surface area contributed by atoms with E-state index < -0.39 is 0 Å². The first kappa shape index (κ1) is 13.9. The van der Waals surface area contributed by atoms with Crippen LogP contribution in [0.5, 0.6) is 0 Å². The van der Waals surface area contributed by atoms with E-state index >= 15 is 0 Å². The minimum atomic E-state index is 0.404. The lowest BCUT2D eigenvalue weighted by Gasteiger charge is -2.13. The van der Waals surface area contributed by atoms with Gasteiger partial charge in [-0.25, -0.2) is 0 Å². The first-order valence-corrected chi connectivity index (χ1v) is 5.99. The van der Waals surface area contributed by atoms with Crippen molar-refractivity contribution in [2.75, 3.05) is 19.7 Å². The zero-order valence-electron chi connectivity index (χ0n) is 10.3. The Labute approximate surface area is 89.4 Å². The van der Waals surface area contributed by atoms with Crippen LogP contribution in [0.15, 0.2) is 0 Å². The van der Waals surface area contributed by atoms with Gasteiger partial charge in [0.25, 0.3) is 0 Å². The molecule has 0 spiro atoms. The van der Waals surface area contributed by atoms with Crippen LogP contribution < -0.4 is 5.32 Å². The van der Waals surface area contributed by atoms with Crippen LogP contribution in [0, 0.1) is 5.92 Å². The summed E-state index contributed by atoms with van der Waals surface area (Å²) in [7, 11) is 0. The zero-order chi connectivity index (χ0) is 10.8. The third-order valence-electron chi connectivity index (χ3n) is 2.31. The Bertz CT molecular complexity index is 115. The molecule has 14 heavy (non-hydrogen) atoms. The molecule has 0 fully saturated rings. The summed E-state index contributed by atoms with van der Waals surface area (Å²) in [6.07, 6.45) is 4.00. The van der Waals surface area contributed by atoms with Gasteiger partial charge in [0.05, 0.1) is 6.10 Å². The van der Waals surface area contributed by atoms with Gasteiger partial charge in [-0.1, -0.05) is 20.8 Å². The van der Waals surface area contributed by atoms with E-state index in [1.165, 1.54) is 12.8 Å². The van der Waals surface area contributed by atoms with E-state index in [-0.39, 0.29) is 0 Å². The van der Waals surface area contributed by atoms with E-state index in [9.17, 15) is 0 Å². The molecule has 0 heterocycles. The lowest BCUT2D eigenvalue weighted by Crippen LogP contribution is -2.20. The van der Waals surface area contributed by atoms with Crippen molar-refractivity contribution in [1.82, 2.24) is 5.32 Å². The molecule has 1 N–H and O–H groups in total. The highest BCUT2D eigenvalue weighted by Crippen LogP contribution is 2.05. The molecule has 86 valence electrons. The lowest BCUT2D eigenvalue weighted by molar-refractivity contribution is 0.0566. The molecule has 0 aliphatic carbocycles. The Balaban J connectivity index is 3.14. The second kappa shape index (κ2) is 9.47. The van der Waals surface area contributed by atoms with Gasteiger partial charge in [0.1, 0.15) is 0 Å². The molecular weight excluding hydrogens is 174 g/mol. The SMILES string of the molecule is CCNCCC(C)OCCCC(C)C. The van der Waals surface area contributed by atoms with Crippen molar-refractivity contribution in [1.29, 1.82) is 0 Å². The fourth-order valence-corrected chi connectivity index (χ4v) is 1.34. The summed E-state index contributed by atoms with van der Waals surface area (Å²) >= 11 is 0. The predicted octanol–water partition coefficient (Wildman–Crippen LogP) is 2.83. The van der Waals surface area contributed by atoms with E-state index in [0.717, 1.165) is 32.0 Å². The van der Waals surface area contributed by atoms with Gasteiger partial charge >= 0.3 is 0 Å². The highest BCUT2D eigenvalue weighted by molar-refractivity contribution is 4.54. The Kier molecular flexibility index (Phi) is 9.42. The molecule has 0 amide bonds. The largest absolute Gasteiger partial charge is 0.378 e. The van der Waals surface area contributed by atoms with Gasteiger partial charge in [0.15, 0.2) is 0 Å². The first-order valence-electron chi connectivity index (χ1n) is 5.99. The number of nitrogens with one attached hydrogen (secondary N) is 1. The fraction of sp³-hybridized carbons (Fsp3) is 1.00. The number of rotatable bonds is 9. The van der Waals surface area contributed by atoms with Crippen molar-refractivity contribution in [3.63, 3.8) is 0 Å². The standard InChI is InChI=1S/C12H27NO/c1-5-13-9-8-12(4)14-10-6-7-11(2)3/h11-13H,5-10H2,1-4H3. The third kappa shape index (κ3) is 10.0. The molecule has 0 rings (SSSR count). The molecule has 0 aromatic heterocycles. The van der Waals surface area contributed by atoms with Crippen LogP contribution in [-0.4, -0.2) is 25.8 Å². The maximum atomic E-state index is 5.70. The lowest BCUT2D eigenvalue weighted by atomic mass is 10.1. The summed E-state index contributed by atoms with van der Waals surface area (Å²) in [5.74, 6) is 0.802. The van der Waals surface area contributed by atoms with Crippen LogP contribution in [0.2, 0.25) is 0 Å². The topological polar surface area (TPSA) is 21.3 Å². The molecule has 0 aliphatic heterocycles. The van der Waals surface area contributed by atoms with Gasteiger partial charge in [-0.2, -0.15) is 0 Å². The van der Waals surface area contributed by atoms with Crippen molar-refractivity contribution < 1.29 is 4.74 Å². The van der Waals surface area contributed by atoms with E-state index in [0.29, 0.717) is 6.10 Å². The highest BCUT2D eigenvalue weighted by Gasteiger charge is 2.01. The van der Waals surface area contributed by atoms with E-state index in [1.54, 1.807) is 0 Å². The van der Waals surface area contributed by atoms with Crippen LogP contribution in [0.1, 0.15) is 47.0 Å². The molecular formula is C12H27NO. The van der Waals surface area contributed by atoms with E-state index in [2.05, 4.69) is 33.0 Å². The smallest absolute Gasteiger partial charge is 0.0559 e. The molecule has 1 atom stereocenters. The van der Waals surface area contributed by atoms with Gasteiger partial charge in [-0.15, -0.1) is 0 Å². The van der Waals surface area contributed by atoms with Gasteiger partial charge < -0.3 is 10.1 Å². The summed E-state index contributed by atoms with van der Waals surface area (Å²) in [5, 5.41) is 3.31. The second-order valence-electron chi connectivity index (χ2n) is 4.36. The second-order valence-corrected chi connectivity index (χ2v) is 4.36. The maximum Gasteiger partial charge on any atom is 0.0559 e. The summed E-state index contributed by atoms with van der Waals surface area (Å²) < 4.78 is 5.70. The first-order chi connectivity index (χ1) is 6.66. The monoisotopic (exact) mass is 201 g/mol. The van der Waals surface area contributed by atoms with Crippen molar-refractivity contribution >= 4 is 0 Å². The normalized spacial score (nSPS) is 13.5. The number of ether oxygens (including phenoxy) is 1. The molecule has 0 saturated heterocycles. The molecule has 0 saturated carbocycles. The van der Waals surface area contributed by atoms with Crippen molar-refractivity contribution in [2.24, 2.45) is 5.92 Å². The fourth-order valence-electron chi connectivity index (χ4n) is 1.34. The molecule has 0 radical (unpaired) electrons. The van der Waals surface area contributed by atoms with Gasteiger partial charge in [0, 0.05) is 6.61 Å². The third-order valence-corrected chi connectivity index (χ3v) is 2.31. The Morgan fingerprint density at radius 2 is 1.86 bits per heavy atom. The summed E-state index contributed by atoms with van der Waals surface area (Å²) in [5.41, 5.74) is 0. The van der Waals surface area contributed by atoms with Gasteiger partial charge in [-0.3, -0.25) is 0 Å². The Hall–Kier alpha value is -0.0800. The highest BCUT2D eigenvalue weighted by atomic mass is 16.5. The average molecular weight is 201 g/mol. The van der Waals surface area contributed by atoms with Gasteiger partial charge in [0.2, 0.25) is 0 Å². The number of hydrogen-bond acceptors (Lipinski definition) is 2. The quantitative estimate of drug-likeness (QED) is 0.579. The molecule has 0 aromatic rings. The predicted molar refractivity (Wildman–Crippen MR) is 62.6 cm³/mol. The molecule has 2 nitrogen and oxygen atoms in total. The summed E-state index contributed by atoms with van der Waals surface area (Å²) in [4.78, 5) is 0. The van der Waals surface area contributed by atoms with Crippen molar-refractivity contribution in [2.45, 2.75) is 53.1 Å². The Morgan fingerprint density at radius 3 is 2.43 bits per heavy atom. The van der Waals surface area contributed by atoms with Crippen molar-refractivity contribution in [3.8, 4) is 0 Å². The van der Waals surface area contributed by atoms with Crippen LogP contribution in [0.3, 0.4) is 0 Å². The molecule has 0 aliphatic rings. The van der Waals surface area contributed by atoms with E-state index in [1.807, 2.05) is 0 Å². The summed E-state index contributed by atoms with van der Waals surface area (Å²) in [6.45, 7) is 11.9. The van der Waals surface area contributed by atoms with Crippen LogP contribution >= 0.6 is 0 Å². The van der Waals surface area contributed by atoms with Crippen LogP contribution in [0.25, 0.3) is 0 Å². The molecule has 0 aromatic carbocycles. The Morgan fingerprint density at radius 1 is 1.14 bits per heavy atom. The summed E-state index contributed by atoms with van der Waals surface area (Å²) in [6, 6.07) is 0. The van der Waals surface area contributed by atoms with Crippen molar-refractivity contribution in [3.05, 3.63) is 0 Å². The molecule has 2 heteroatoms. The molecule has 1 unspecified atom stereocenters. The molecule has 0 bridgehead atoms. The van der Waals surface area contributed by atoms with Gasteiger partial charge in [-0.05, 0) is 45.2 Å². The van der Waals surface area contributed by atoms with Crippen LogP contribution in [-0.2, 0) is 4.74 Å². The zero-order valence-corrected chi connectivity index (χ0v) is 10.3.